The van der Waals surface area contributed by atoms with Crippen molar-refractivity contribution in [3.8, 4) is 17.5 Å². The molecule has 1 atom stereocenters. The number of benzene rings is 3. The van der Waals surface area contributed by atoms with Gasteiger partial charge in [-0.1, -0.05) is 36.4 Å². The number of imidazole rings is 1. The van der Waals surface area contributed by atoms with Crippen LogP contribution in [-0.4, -0.2) is 64.6 Å². The van der Waals surface area contributed by atoms with Gasteiger partial charge in [-0.3, -0.25) is 9.47 Å². The molecule has 0 N–H and O–H groups in total. The topological polar surface area (TPSA) is 95.1 Å². The van der Waals surface area contributed by atoms with Crippen molar-refractivity contribution in [3.63, 3.8) is 0 Å². The summed E-state index contributed by atoms with van der Waals surface area (Å²) in [6, 6.07) is 22.6. The Morgan fingerprint density at radius 3 is 2.13 bits per heavy atom. The average molecular weight is 624 g/mol. The number of aryl methyl sites for hydroxylation is 1. The van der Waals surface area contributed by atoms with Crippen LogP contribution in [-0.2, 0) is 19.5 Å². The lowest BCUT2D eigenvalue weighted by atomic mass is 10.0. The molecular weight excluding hydrogens is 591 g/mol. The van der Waals surface area contributed by atoms with Crippen LogP contribution < -0.4 is 19.1 Å². The van der Waals surface area contributed by atoms with E-state index in [0.717, 1.165) is 55.3 Å². The smallest absolute Gasteiger partial charge is 0.490 e. The number of aromatic nitrogens is 2. The Bertz CT molecular complexity index is 1590. The van der Waals surface area contributed by atoms with Crippen molar-refractivity contribution in [2.75, 3.05) is 37.7 Å². The lowest BCUT2D eigenvalue weighted by Crippen LogP contribution is -2.45. The maximum atomic E-state index is 12.4. The lowest BCUT2D eigenvalue weighted by Gasteiger charge is -2.36. The number of hydrogen-bond donors (Lipinski definition) is 0. The lowest BCUT2D eigenvalue weighted by molar-refractivity contribution is -0.389. The highest BCUT2D eigenvalue weighted by molar-refractivity contribution is 5.49. The van der Waals surface area contributed by atoms with Gasteiger partial charge in [0.2, 0.25) is 0 Å². The summed E-state index contributed by atoms with van der Waals surface area (Å²) in [6.45, 7) is 5.43. The Morgan fingerprint density at radius 2 is 1.49 bits per heavy atom. The van der Waals surface area contributed by atoms with Crippen LogP contribution in [0.1, 0.15) is 23.1 Å². The first-order chi connectivity index (χ1) is 21.7. The molecule has 0 radical (unpaired) electrons. The number of alkyl halides is 3. The quantitative estimate of drug-likeness (QED) is 0.161. The van der Waals surface area contributed by atoms with Gasteiger partial charge < -0.3 is 29.2 Å². The summed E-state index contributed by atoms with van der Waals surface area (Å²) in [5.41, 5.74) is 4.35. The van der Waals surface area contributed by atoms with Gasteiger partial charge >= 0.3 is 18.2 Å². The maximum absolute atomic E-state index is 12.4. The van der Waals surface area contributed by atoms with E-state index in [0.29, 0.717) is 26.0 Å². The highest BCUT2D eigenvalue weighted by atomic mass is 19.4. The molecule has 2 aliphatic heterocycles. The van der Waals surface area contributed by atoms with E-state index in [-0.39, 0.29) is 23.7 Å². The summed E-state index contributed by atoms with van der Waals surface area (Å²) in [7, 11) is 0. The van der Waals surface area contributed by atoms with Gasteiger partial charge in [0, 0.05) is 56.4 Å². The van der Waals surface area contributed by atoms with E-state index < -0.39 is 11.3 Å². The Balaban J connectivity index is 0.925. The third kappa shape index (κ3) is 8.04. The van der Waals surface area contributed by atoms with Crippen LogP contribution in [0.15, 0.2) is 79.0 Å². The second-order valence-corrected chi connectivity index (χ2v) is 11.1. The van der Waals surface area contributed by atoms with Gasteiger partial charge in [-0.05, 0) is 64.4 Å². The van der Waals surface area contributed by atoms with Gasteiger partial charge in [0.15, 0.2) is 0 Å². The van der Waals surface area contributed by atoms with E-state index in [1.165, 1.54) is 23.9 Å². The molecule has 0 aliphatic carbocycles. The third-order valence-corrected chi connectivity index (χ3v) is 7.88. The Labute approximate surface area is 257 Å². The predicted molar refractivity (Wildman–Crippen MR) is 160 cm³/mol. The molecule has 0 spiro atoms. The molecule has 45 heavy (non-hydrogen) atoms. The van der Waals surface area contributed by atoms with Crippen LogP contribution in [0.5, 0.6) is 17.5 Å². The summed E-state index contributed by atoms with van der Waals surface area (Å²) in [5, 5.41) is 11.0. The van der Waals surface area contributed by atoms with Crippen molar-refractivity contribution in [1.82, 2.24) is 14.5 Å². The minimum Gasteiger partial charge on any atom is -0.490 e. The minimum atomic E-state index is -4.69. The van der Waals surface area contributed by atoms with Crippen molar-refractivity contribution < 1.29 is 32.3 Å². The monoisotopic (exact) mass is 623 g/mol. The summed E-state index contributed by atoms with van der Waals surface area (Å²) in [6.07, 6.45) is -2.23. The number of piperazine rings is 1. The SMILES string of the molecule is O=[N+]([O-])c1cn2c(n1)OC(COc1ccc(N3CCN(Cc4ccc(Cc5ccc(OC(F)(F)F)cc5)cc4)CC3)cc1)CC2. The Morgan fingerprint density at radius 1 is 0.867 bits per heavy atom. The molecule has 0 amide bonds. The molecule has 3 heterocycles. The van der Waals surface area contributed by atoms with E-state index >= 15 is 0 Å². The molecule has 2 aliphatic rings. The zero-order valence-electron chi connectivity index (χ0n) is 24.4. The van der Waals surface area contributed by atoms with Gasteiger partial charge in [-0.2, -0.15) is 0 Å². The average Bonchev–Trinajstić information content (AvgIpc) is 3.46. The largest absolute Gasteiger partial charge is 0.573 e. The molecule has 4 aromatic rings. The standard InChI is InChI=1S/C32H32F3N5O5/c33-32(34,35)45-28-9-5-24(6-10-28)19-23-1-3-25(4-2-23)20-37-15-17-38(18-16-37)26-7-11-27(12-8-26)43-22-29-13-14-39-21-30(40(41)42)36-31(39)44-29/h1-12,21,29H,13-20,22H2. The van der Waals surface area contributed by atoms with E-state index in [4.69, 9.17) is 9.47 Å². The van der Waals surface area contributed by atoms with Crippen LogP contribution in [0.3, 0.4) is 0 Å². The summed E-state index contributed by atoms with van der Waals surface area (Å²) in [4.78, 5) is 19.1. The van der Waals surface area contributed by atoms with Gasteiger partial charge in [-0.15, -0.1) is 13.2 Å². The van der Waals surface area contributed by atoms with Gasteiger partial charge in [-0.25, -0.2) is 0 Å². The molecule has 1 fully saturated rings. The number of anilines is 1. The zero-order chi connectivity index (χ0) is 31.4. The molecular formula is C32H32F3N5O5. The normalized spacial score (nSPS) is 17.0. The summed E-state index contributed by atoms with van der Waals surface area (Å²) < 4.78 is 54.4. The van der Waals surface area contributed by atoms with Crippen LogP contribution in [0.2, 0.25) is 0 Å². The molecule has 1 aromatic heterocycles. The second-order valence-electron chi connectivity index (χ2n) is 11.1. The number of nitrogens with zero attached hydrogens (tertiary/aromatic N) is 5. The number of halogens is 3. The van der Waals surface area contributed by atoms with Gasteiger partial charge in [0.1, 0.15) is 30.4 Å². The predicted octanol–water partition coefficient (Wildman–Crippen LogP) is 5.83. The van der Waals surface area contributed by atoms with Crippen LogP contribution in [0, 0.1) is 10.1 Å². The van der Waals surface area contributed by atoms with E-state index in [9.17, 15) is 23.3 Å². The fourth-order valence-corrected chi connectivity index (χ4v) is 5.51. The van der Waals surface area contributed by atoms with E-state index in [1.807, 2.05) is 12.1 Å². The number of hydrogen-bond acceptors (Lipinski definition) is 8. The highest BCUT2D eigenvalue weighted by Crippen LogP contribution is 2.27. The van der Waals surface area contributed by atoms with Crippen LogP contribution >= 0.6 is 0 Å². The molecule has 236 valence electrons. The van der Waals surface area contributed by atoms with Crippen molar-refractivity contribution in [2.45, 2.75) is 38.4 Å². The second kappa shape index (κ2) is 13.1. The summed E-state index contributed by atoms with van der Waals surface area (Å²) in [5.74, 6) is 0.294. The summed E-state index contributed by atoms with van der Waals surface area (Å²) >= 11 is 0. The van der Waals surface area contributed by atoms with Crippen molar-refractivity contribution >= 4 is 11.5 Å². The Hall–Kier alpha value is -4.78. The molecule has 0 bridgehead atoms. The first-order valence-electron chi connectivity index (χ1n) is 14.7. The molecule has 13 heteroatoms. The van der Waals surface area contributed by atoms with Gasteiger partial charge in [0.25, 0.3) is 0 Å². The molecule has 1 saturated heterocycles. The third-order valence-electron chi connectivity index (χ3n) is 7.88. The van der Waals surface area contributed by atoms with E-state index in [2.05, 4.69) is 55.9 Å². The van der Waals surface area contributed by atoms with Crippen molar-refractivity contribution in [2.24, 2.45) is 0 Å². The molecule has 6 rings (SSSR count). The first kappa shape index (κ1) is 30.3. The van der Waals surface area contributed by atoms with Crippen molar-refractivity contribution in [3.05, 3.63) is 106 Å². The Kier molecular flexibility index (Phi) is 8.78. The van der Waals surface area contributed by atoms with Crippen LogP contribution in [0.4, 0.5) is 24.7 Å². The maximum Gasteiger partial charge on any atom is 0.573 e. The number of fused-ring (bicyclic) bond motifs is 1. The highest BCUT2D eigenvalue weighted by Gasteiger charge is 2.31. The number of ether oxygens (including phenoxy) is 3. The number of nitro groups is 1. The van der Waals surface area contributed by atoms with Gasteiger partial charge in [0.05, 0.1) is 0 Å². The molecule has 0 saturated carbocycles. The van der Waals surface area contributed by atoms with Crippen molar-refractivity contribution in [1.29, 1.82) is 0 Å². The molecule has 1 unspecified atom stereocenters. The molecule has 3 aromatic carbocycles. The molecule has 10 nitrogen and oxygen atoms in total. The fraction of sp³-hybridized carbons (Fsp3) is 0.344. The fourth-order valence-electron chi connectivity index (χ4n) is 5.51. The zero-order valence-corrected chi connectivity index (χ0v) is 24.4. The first-order valence-corrected chi connectivity index (χ1v) is 14.7. The van der Waals surface area contributed by atoms with Crippen LogP contribution in [0.25, 0.3) is 0 Å². The number of rotatable bonds is 10. The minimum absolute atomic E-state index is 0.219. The van der Waals surface area contributed by atoms with E-state index in [1.54, 1.807) is 16.7 Å².